The van der Waals surface area contributed by atoms with Crippen molar-refractivity contribution in [3.8, 4) is 23.0 Å². The molecule has 1 N–H and O–H groups in total. The third kappa shape index (κ3) is 5.35. The molecule has 1 aromatic heterocycles. The van der Waals surface area contributed by atoms with E-state index in [2.05, 4.69) is 25.7 Å². The number of benzene rings is 2. The molecule has 3 aromatic rings. The number of hydrogen-bond donors (Lipinski definition) is 1. The number of nitrogens with zero attached hydrogens (tertiary/aromatic N) is 2. The number of aryl methyl sites for hydroxylation is 1. The minimum absolute atomic E-state index is 0.0196. The fraction of sp³-hybridized carbons (Fsp3) is 0.308. The quantitative estimate of drug-likeness (QED) is 0.543. The molecule has 31 heavy (non-hydrogen) atoms. The number of hydrogen-bond acceptors (Lipinski definition) is 2. The lowest BCUT2D eigenvalue weighted by atomic mass is 9.99. The third-order valence-electron chi connectivity index (χ3n) is 5.28. The molecule has 0 saturated heterocycles. The van der Waals surface area contributed by atoms with Crippen LogP contribution in [0.15, 0.2) is 59.5 Å². The second kappa shape index (κ2) is 9.99. The van der Waals surface area contributed by atoms with Crippen LogP contribution in [0.25, 0.3) is 11.1 Å². The standard InChI is InChI=1S/C26H28N2O3/c1-4-5-8-22-18-27(16-15-19(2)3)26(31)28(22)17-20-11-13-21(14-12-20)23-9-6-7-10-24(23)25(29)30/h6-7,9-14,18-19H,8,15-17H2,1-3H3,(H,29,30). The van der Waals surface area contributed by atoms with Gasteiger partial charge in [0.05, 0.1) is 24.2 Å². The molecule has 0 aliphatic carbocycles. The van der Waals surface area contributed by atoms with E-state index in [1.165, 1.54) is 0 Å². The van der Waals surface area contributed by atoms with E-state index in [-0.39, 0.29) is 11.3 Å². The van der Waals surface area contributed by atoms with Gasteiger partial charge in [0.2, 0.25) is 0 Å². The Kier molecular flexibility index (Phi) is 7.15. The van der Waals surface area contributed by atoms with Crippen molar-refractivity contribution in [2.24, 2.45) is 5.92 Å². The van der Waals surface area contributed by atoms with Crippen LogP contribution in [0.2, 0.25) is 0 Å². The van der Waals surface area contributed by atoms with Gasteiger partial charge in [-0.3, -0.25) is 9.13 Å². The van der Waals surface area contributed by atoms with E-state index in [4.69, 9.17) is 0 Å². The molecule has 1 heterocycles. The molecule has 0 bridgehead atoms. The summed E-state index contributed by atoms with van der Waals surface area (Å²) in [5.41, 5.74) is 3.65. The Balaban J connectivity index is 1.89. The van der Waals surface area contributed by atoms with Gasteiger partial charge in [-0.1, -0.05) is 62.2 Å². The molecule has 0 saturated carbocycles. The number of imidazole rings is 1. The first-order valence-corrected chi connectivity index (χ1v) is 10.5. The highest BCUT2D eigenvalue weighted by Crippen LogP contribution is 2.24. The molecular weight excluding hydrogens is 388 g/mol. The zero-order valence-electron chi connectivity index (χ0n) is 18.3. The minimum atomic E-state index is -0.948. The van der Waals surface area contributed by atoms with Crippen LogP contribution >= 0.6 is 0 Å². The molecule has 0 unspecified atom stereocenters. The van der Waals surface area contributed by atoms with Crippen LogP contribution in [-0.4, -0.2) is 20.2 Å². The third-order valence-corrected chi connectivity index (χ3v) is 5.28. The Hall–Kier alpha value is -3.52. The van der Waals surface area contributed by atoms with Gasteiger partial charge in [-0.2, -0.15) is 0 Å². The minimum Gasteiger partial charge on any atom is -0.478 e. The number of carboxylic acid groups (broad SMARTS) is 1. The van der Waals surface area contributed by atoms with Crippen molar-refractivity contribution in [2.45, 2.75) is 46.7 Å². The molecule has 0 aliphatic rings. The Morgan fingerprint density at radius 1 is 1.10 bits per heavy atom. The highest BCUT2D eigenvalue weighted by atomic mass is 16.4. The number of carboxylic acids is 1. The smallest absolute Gasteiger partial charge is 0.336 e. The van der Waals surface area contributed by atoms with E-state index in [1.54, 1.807) is 34.3 Å². The van der Waals surface area contributed by atoms with Gasteiger partial charge < -0.3 is 5.11 Å². The summed E-state index contributed by atoms with van der Waals surface area (Å²) in [7, 11) is 0. The highest BCUT2D eigenvalue weighted by molar-refractivity contribution is 5.95. The van der Waals surface area contributed by atoms with Gasteiger partial charge in [0.25, 0.3) is 0 Å². The second-order valence-corrected chi connectivity index (χ2v) is 8.02. The molecule has 5 heteroatoms. The van der Waals surface area contributed by atoms with Crippen LogP contribution in [0.5, 0.6) is 0 Å². The molecule has 2 aromatic carbocycles. The normalized spacial score (nSPS) is 10.7. The Morgan fingerprint density at radius 3 is 2.45 bits per heavy atom. The van der Waals surface area contributed by atoms with Crippen LogP contribution in [0.4, 0.5) is 0 Å². The van der Waals surface area contributed by atoms with Crippen LogP contribution in [0.1, 0.15) is 48.8 Å². The van der Waals surface area contributed by atoms with Crippen LogP contribution < -0.4 is 5.69 Å². The van der Waals surface area contributed by atoms with Crippen molar-refractivity contribution < 1.29 is 9.90 Å². The lowest BCUT2D eigenvalue weighted by Crippen LogP contribution is -2.26. The zero-order valence-corrected chi connectivity index (χ0v) is 18.3. The molecule has 0 amide bonds. The number of carbonyl (C=O) groups is 1. The van der Waals surface area contributed by atoms with Gasteiger partial charge in [-0.05, 0) is 42.0 Å². The summed E-state index contributed by atoms with van der Waals surface area (Å²) in [6, 6.07) is 14.7. The fourth-order valence-electron chi connectivity index (χ4n) is 3.52. The van der Waals surface area contributed by atoms with Crippen molar-refractivity contribution in [3.63, 3.8) is 0 Å². The van der Waals surface area contributed by atoms with Gasteiger partial charge in [-0.15, -0.1) is 5.92 Å². The van der Waals surface area contributed by atoms with E-state index in [0.717, 1.165) is 23.2 Å². The van der Waals surface area contributed by atoms with Gasteiger partial charge >= 0.3 is 11.7 Å². The Labute approximate surface area is 183 Å². The van der Waals surface area contributed by atoms with E-state index in [9.17, 15) is 14.7 Å². The van der Waals surface area contributed by atoms with Crippen LogP contribution in [0, 0.1) is 17.8 Å². The van der Waals surface area contributed by atoms with Crippen molar-refractivity contribution in [1.29, 1.82) is 0 Å². The maximum Gasteiger partial charge on any atom is 0.336 e. The van der Waals surface area contributed by atoms with Crippen LogP contribution in [-0.2, 0) is 19.5 Å². The summed E-state index contributed by atoms with van der Waals surface area (Å²) >= 11 is 0. The molecular formula is C26H28N2O3. The molecule has 3 rings (SSSR count). The van der Waals surface area contributed by atoms with E-state index < -0.39 is 5.97 Å². The van der Waals surface area contributed by atoms with Crippen LogP contribution in [0.3, 0.4) is 0 Å². The molecule has 160 valence electrons. The Morgan fingerprint density at radius 2 is 1.81 bits per heavy atom. The predicted octanol–water partition coefficient (Wildman–Crippen LogP) is 4.68. The molecule has 0 spiro atoms. The lowest BCUT2D eigenvalue weighted by Gasteiger charge is -2.09. The van der Waals surface area contributed by atoms with E-state index in [0.29, 0.717) is 31.0 Å². The first kappa shape index (κ1) is 22.2. The maximum atomic E-state index is 13.0. The van der Waals surface area contributed by atoms with Crippen molar-refractivity contribution >= 4 is 5.97 Å². The van der Waals surface area contributed by atoms with Gasteiger partial charge in [-0.25, -0.2) is 9.59 Å². The monoisotopic (exact) mass is 416 g/mol. The molecule has 5 nitrogen and oxygen atoms in total. The topological polar surface area (TPSA) is 64.2 Å². The molecule has 0 fully saturated rings. The molecule has 0 aliphatic heterocycles. The number of aromatic nitrogens is 2. The van der Waals surface area contributed by atoms with E-state index in [1.807, 2.05) is 36.5 Å². The summed E-state index contributed by atoms with van der Waals surface area (Å²) < 4.78 is 3.56. The van der Waals surface area contributed by atoms with Gasteiger partial charge in [0.1, 0.15) is 0 Å². The first-order chi connectivity index (χ1) is 14.9. The first-order valence-electron chi connectivity index (χ1n) is 10.5. The zero-order chi connectivity index (χ0) is 22.4. The van der Waals surface area contributed by atoms with E-state index >= 15 is 0 Å². The number of rotatable bonds is 8. The van der Waals surface area contributed by atoms with Gasteiger partial charge in [0, 0.05) is 12.7 Å². The maximum absolute atomic E-state index is 13.0. The van der Waals surface area contributed by atoms with Crippen molar-refractivity contribution in [1.82, 2.24) is 9.13 Å². The summed E-state index contributed by atoms with van der Waals surface area (Å²) in [5.74, 6) is 5.54. The SMILES string of the molecule is CC#CCc1cn(CCC(C)C)c(=O)n1Cc1ccc(-c2ccccc2C(=O)O)cc1. The average molecular weight is 417 g/mol. The molecule has 0 atom stereocenters. The van der Waals surface area contributed by atoms with Gasteiger partial charge in [0.15, 0.2) is 0 Å². The summed E-state index contributed by atoms with van der Waals surface area (Å²) in [5, 5.41) is 9.44. The number of aromatic carboxylic acids is 1. The largest absolute Gasteiger partial charge is 0.478 e. The Bertz CT molecular complexity index is 1170. The average Bonchev–Trinajstić information content (AvgIpc) is 3.06. The highest BCUT2D eigenvalue weighted by Gasteiger charge is 2.13. The van der Waals surface area contributed by atoms with Crippen molar-refractivity contribution in [2.75, 3.05) is 0 Å². The summed E-state index contributed by atoms with van der Waals surface area (Å²) in [6.07, 6.45) is 3.40. The summed E-state index contributed by atoms with van der Waals surface area (Å²) in [6.45, 7) is 7.24. The second-order valence-electron chi connectivity index (χ2n) is 8.02. The summed E-state index contributed by atoms with van der Waals surface area (Å²) in [4.78, 5) is 24.5. The van der Waals surface area contributed by atoms with Crippen molar-refractivity contribution in [3.05, 3.63) is 82.0 Å². The predicted molar refractivity (Wildman–Crippen MR) is 123 cm³/mol. The fourth-order valence-corrected chi connectivity index (χ4v) is 3.52. The molecule has 0 radical (unpaired) electrons. The lowest BCUT2D eigenvalue weighted by molar-refractivity contribution is 0.0697.